The van der Waals surface area contributed by atoms with Gasteiger partial charge in [-0.25, -0.2) is 0 Å². The van der Waals surface area contributed by atoms with E-state index in [-0.39, 0.29) is 23.7 Å². The third-order valence-corrected chi connectivity index (χ3v) is 6.79. The molecule has 132 valence electrons. The number of benzene rings is 1. The highest BCUT2D eigenvalue weighted by atomic mass is 16.5. The standard InChI is InChI=1S/C21H30O3/c1-13(2)14-6-8-16-15(19(14)24-5)7-9-17-20(16,3)11-10-18(23)21(17,4)12-22/h6,8,13,17,22H,7,9-12H2,1-5H3/t17-,20-,21-/m1/s1. The lowest BCUT2D eigenvalue weighted by molar-refractivity contribution is -0.142. The van der Waals surface area contributed by atoms with Crippen LogP contribution in [0.1, 0.15) is 69.6 Å². The number of hydrogen-bond acceptors (Lipinski definition) is 3. The molecule has 2 aliphatic rings. The average molecular weight is 330 g/mol. The second-order valence-electron chi connectivity index (χ2n) is 8.38. The quantitative estimate of drug-likeness (QED) is 0.911. The van der Waals surface area contributed by atoms with Crippen LogP contribution in [0.3, 0.4) is 0 Å². The van der Waals surface area contributed by atoms with Gasteiger partial charge in [0.2, 0.25) is 0 Å². The molecule has 1 saturated carbocycles. The second-order valence-corrected chi connectivity index (χ2v) is 8.38. The van der Waals surface area contributed by atoms with E-state index in [0.29, 0.717) is 12.3 Å². The lowest BCUT2D eigenvalue weighted by Crippen LogP contribution is -2.55. The van der Waals surface area contributed by atoms with E-state index in [1.807, 2.05) is 6.92 Å². The van der Waals surface area contributed by atoms with Crippen LogP contribution in [0.5, 0.6) is 5.75 Å². The van der Waals surface area contributed by atoms with Gasteiger partial charge < -0.3 is 9.84 Å². The molecule has 3 heteroatoms. The van der Waals surface area contributed by atoms with E-state index in [9.17, 15) is 9.90 Å². The third kappa shape index (κ3) is 2.24. The number of hydrogen-bond donors (Lipinski definition) is 1. The first-order chi connectivity index (χ1) is 11.3. The summed E-state index contributed by atoms with van der Waals surface area (Å²) >= 11 is 0. The maximum absolute atomic E-state index is 12.5. The van der Waals surface area contributed by atoms with Crippen LogP contribution >= 0.6 is 0 Å². The van der Waals surface area contributed by atoms with E-state index in [1.54, 1.807) is 7.11 Å². The van der Waals surface area contributed by atoms with E-state index in [1.165, 1.54) is 16.7 Å². The summed E-state index contributed by atoms with van der Waals surface area (Å²) < 4.78 is 5.81. The zero-order valence-electron chi connectivity index (χ0n) is 15.6. The Balaban J connectivity index is 2.16. The molecular formula is C21H30O3. The SMILES string of the molecule is COc1c(C(C)C)ccc2c1CC[C@H]1[C@@](C)(CO)C(=O)CC[C@]21C. The number of aliphatic hydroxyl groups excluding tert-OH is 1. The van der Waals surface area contributed by atoms with E-state index in [2.05, 4.69) is 32.9 Å². The van der Waals surface area contributed by atoms with Gasteiger partial charge in [-0.3, -0.25) is 4.79 Å². The molecule has 2 aliphatic carbocycles. The summed E-state index contributed by atoms with van der Waals surface area (Å²) in [5, 5.41) is 9.99. The van der Waals surface area contributed by atoms with Crippen molar-refractivity contribution in [1.82, 2.24) is 0 Å². The van der Waals surface area contributed by atoms with Crippen molar-refractivity contribution in [3.63, 3.8) is 0 Å². The normalized spacial score (nSPS) is 32.5. The Bertz CT molecular complexity index is 663. The molecule has 0 aromatic heterocycles. The molecule has 1 aromatic rings. The Morgan fingerprint density at radius 1 is 1.29 bits per heavy atom. The van der Waals surface area contributed by atoms with Crippen molar-refractivity contribution in [2.75, 3.05) is 13.7 Å². The summed E-state index contributed by atoms with van der Waals surface area (Å²) in [5.41, 5.74) is 3.22. The summed E-state index contributed by atoms with van der Waals surface area (Å²) in [4.78, 5) is 12.5. The van der Waals surface area contributed by atoms with Gasteiger partial charge in [-0.05, 0) is 53.2 Å². The first-order valence-electron chi connectivity index (χ1n) is 9.14. The summed E-state index contributed by atoms with van der Waals surface area (Å²) in [5.74, 6) is 1.87. The highest BCUT2D eigenvalue weighted by molar-refractivity contribution is 5.86. The molecule has 0 spiro atoms. The molecule has 3 nitrogen and oxygen atoms in total. The minimum atomic E-state index is -0.616. The zero-order valence-corrected chi connectivity index (χ0v) is 15.6. The molecule has 0 radical (unpaired) electrons. The van der Waals surface area contributed by atoms with Crippen LogP contribution in [-0.2, 0) is 16.6 Å². The van der Waals surface area contributed by atoms with E-state index < -0.39 is 5.41 Å². The van der Waals surface area contributed by atoms with Crippen molar-refractivity contribution in [3.8, 4) is 5.75 Å². The number of ketones is 1. The molecule has 3 rings (SSSR count). The van der Waals surface area contributed by atoms with E-state index in [0.717, 1.165) is 25.0 Å². The molecule has 0 aliphatic heterocycles. The van der Waals surface area contributed by atoms with Gasteiger partial charge in [0.15, 0.2) is 0 Å². The molecule has 3 atom stereocenters. The smallest absolute Gasteiger partial charge is 0.141 e. The van der Waals surface area contributed by atoms with Crippen LogP contribution in [-0.4, -0.2) is 24.6 Å². The molecule has 1 fully saturated rings. The van der Waals surface area contributed by atoms with Gasteiger partial charge >= 0.3 is 0 Å². The Kier molecular flexibility index (Phi) is 4.28. The van der Waals surface area contributed by atoms with Crippen molar-refractivity contribution in [2.24, 2.45) is 11.3 Å². The highest BCUT2D eigenvalue weighted by Gasteiger charge is 2.55. The molecule has 0 heterocycles. The number of carbonyl (C=O) groups is 1. The molecule has 0 saturated heterocycles. The monoisotopic (exact) mass is 330 g/mol. The maximum atomic E-state index is 12.5. The molecular weight excluding hydrogens is 300 g/mol. The van der Waals surface area contributed by atoms with Crippen LogP contribution in [0.15, 0.2) is 12.1 Å². The van der Waals surface area contributed by atoms with Crippen molar-refractivity contribution in [2.45, 2.75) is 64.7 Å². The largest absolute Gasteiger partial charge is 0.496 e. The minimum absolute atomic E-state index is 0.0529. The number of Topliss-reactive ketones (excluding diaryl/α,β-unsaturated/α-hetero) is 1. The molecule has 0 amide bonds. The Labute approximate surface area is 145 Å². The van der Waals surface area contributed by atoms with Crippen LogP contribution in [0.2, 0.25) is 0 Å². The zero-order chi connectivity index (χ0) is 17.7. The number of rotatable bonds is 3. The lowest BCUT2D eigenvalue weighted by Gasteiger charge is -2.54. The summed E-state index contributed by atoms with van der Waals surface area (Å²) in [6.07, 6.45) is 3.27. The fourth-order valence-corrected chi connectivity index (χ4v) is 5.30. The number of methoxy groups -OCH3 is 1. The molecule has 0 unspecified atom stereocenters. The van der Waals surface area contributed by atoms with Gasteiger partial charge in [-0.15, -0.1) is 0 Å². The highest BCUT2D eigenvalue weighted by Crippen LogP contribution is 2.57. The van der Waals surface area contributed by atoms with E-state index in [4.69, 9.17) is 4.74 Å². The van der Waals surface area contributed by atoms with Gasteiger partial charge in [-0.2, -0.15) is 0 Å². The molecule has 0 bridgehead atoms. The minimum Gasteiger partial charge on any atom is -0.496 e. The summed E-state index contributed by atoms with van der Waals surface area (Å²) in [6.45, 7) is 8.58. The summed E-state index contributed by atoms with van der Waals surface area (Å²) in [6, 6.07) is 4.45. The van der Waals surface area contributed by atoms with Crippen LogP contribution in [0.25, 0.3) is 0 Å². The van der Waals surface area contributed by atoms with Gasteiger partial charge in [0.25, 0.3) is 0 Å². The van der Waals surface area contributed by atoms with Gasteiger partial charge in [0.1, 0.15) is 11.5 Å². The predicted octanol–water partition coefficient (Wildman–Crippen LogP) is 4.00. The number of carbonyl (C=O) groups excluding carboxylic acids is 1. The van der Waals surface area contributed by atoms with Crippen molar-refractivity contribution >= 4 is 5.78 Å². The Hall–Kier alpha value is -1.35. The van der Waals surface area contributed by atoms with Crippen molar-refractivity contribution in [3.05, 3.63) is 28.8 Å². The molecule has 1 aromatic carbocycles. The summed E-state index contributed by atoms with van der Waals surface area (Å²) in [7, 11) is 1.76. The fraction of sp³-hybridized carbons (Fsp3) is 0.667. The fourth-order valence-electron chi connectivity index (χ4n) is 5.30. The third-order valence-electron chi connectivity index (χ3n) is 6.79. The van der Waals surface area contributed by atoms with Gasteiger partial charge in [0.05, 0.1) is 19.1 Å². The van der Waals surface area contributed by atoms with Gasteiger partial charge in [0, 0.05) is 6.42 Å². The van der Waals surface area contributed by atoms with Crippen molar-refractivity contribution < 1.29 is 14.6 Å². The van der Waals surface area contributed by atoms with Crippen LogP contribution in [0.4, 0.5) is 0 Å². The van der Waals surface area contributed by atoms with E-state index >= 15 is 0 Å². The number of fused-ring (bicyclic) bond motifs is 3. The Morgan fingerprint density at radius 2 is 2.00 bits per heavy atom. The first-order valence-corrected chi connectivity index (χ1v) is 9.14. The Morgan fingerprint density at radius 3 is 2.58 bits per heavy atom. The van der Waals surface area contributed by atoms with Crippen LogP contribution < -0.4 is 4.74 Å². The molecule has 24 heavy (non-hydrogen) atoms. The van der Waals surface area contributed by atoms with Gasteiger partial charge in [-0.1, -0.05) is 39.8 Å². The average Bonchev–Trinajstić information content (AvgIpc) is 2.57. The predicted molar refractivity (Wildman–Crippen MR) is 95.7 cm³/mol. The topological polar surface area (TPSA) is 46.5 Å². The molecule has 1 N–H and O–H groups in total. The number of ether oxygens (including phenoxy) is 1. The lowest BCUT2D eigenvalue weighted by atomic mass is 9.49. The van der Waals surface area contributed by atoms with Crippen LogP contribution in [0, 0.1) is 11.3 Å². The maximum Gasteiger partial charge on any atom is 0.141 e. The first kappa shape index (κ1) is 17.5. The van der Waals surface area contributed by atoms with Crippen molar-refractivity contribution in [1.29, 1.82) is 0 Å². The second kappa shape index (κ2) is 5.87. The number of aliphatic hydroxyl groups is 1.